The molecule has 0 radical (unpaired) electrons. The Kier molecular flexibility index (Phi) is 3.48. The molecule has 0 amide bonds. The molecule has 4 rings (SSSR count). The van der Waals surface area contributed by atoms with E-state index in [4.69, 9.17) is 0 Å². The summed E-state index contributed by atoms with van der Waals surface area (Å²) in [6, 6.07) is 10.4. The van der Waals surface area contributed by atoms with Gasteiger partial charge in [0.2, 0.25) is 0 Å². The van der Waals surface area contributed by atoms with Crippen LogP contribution < -0.4 is 0 Å². The van der Waals surface area contributed by atoms with Crippen molar-refractivity contribution in [2.75, 3.05) is 0 Å². The standard InChI is InChI=1S/C22H26O/c1-3-4-5-16-7-11-21-20-9-6-15-14-17(23)8-10-18(15)19(20)12-13-22(16,21)2/h5-6,8-10,14,21,23H,3-4,7,11-13H2,1-2H3/b16-5-/t21?,22-/m1/s1. The minimum atomic E-state index is 0.365. The van der Waals surface area contributed by atoms with E-state index in [1.165, 1.54) is 48.4 Å². The Labute approximate surface area is 139 Å². The van der Waals surface area contributed by atoms with E-state index in [0.29, 0.717) is 17.1 Å². The third-order valence-electron chi connectivity index (χ3n) is 6.31. The van der Waals surface area contributed by atoms with Gasteiger partial charge in [0.1, 0.15) is 5.75 Å². The lowest BCUT2D eigenvalue weighted by Crippen LogP contribution is -2.28. The molecule has 1 N–H and O–H groups in total. The van der Waals surface area contributed by atoms with E-state index in [2.05, 4.69) is 38.1 Å². The minimum Gasteiger partial charge on any atom is -0.508 e. The molecule has 0 aliphatic heterocycles. The maximum Gasteiger partial charge on any atom is 0.116 e. The van der Waals surface area contributed by atoms with Crippen LogP contribution in [0.25, 0.3) is 10.8 Å². The molecule has 0 bridgehead atoms. The molecule has 1 fully saturated rings. The maximum atomic E-state index is 9.74. The van der Waals surface area contributed by atoms with Crippen molar-refractivity contribution in [2.24, 2.45) is 5.41 Å². The molecule has 2 aromatic rings. The van der Waals surface area contributed by atoms with Crippen molar-refractivity contribution in [3.05, 3.63) is 53.1 Å². The van der Waals surface area contributed by atoms with Gasteiger partial charge >= 0.3 is 0 Å². The van der Waals surface area contributed by atoms with E-state index >= 15 is 0 Å². The summed E-state index contributed by atoms with van der Waals surface area (Å²) in [4.78, 5) is 0. The molecule has 0 aromatic heterocycles. The summed E-state index contributed by atoms with van der Waals surface area (Å²) in [5.74, 6) is 1.04. The predicted octanol–water partition coefficient (Wildman–Crippen LogP) is 6.10. The number of phenols is 1. The molecule has 2 aliphatic carbocycles. The van der Waals surface area contributed by atoms with Gasteiger partial charge in [-0.05, 0) is 77.5 Å². The van der Waals surface area contributed by atoms with Crippen molar-refractivity contribution in [1.82, 2.24) is 0 Å². The van der Waals surface area contributed by atoms with Crippen molar-refractivity contribution >= 4 is 10.8 Å². The highest BCUT2D eigenvalue weighted by Crippen LogP contribution is 2.59. The number of hydrogen-bond donors (Lipinski definition) is 1. The third kappa shape index (κ3) is 2.21. The molecule has 0 saturated heterocycles. The smallest absolute Gasteiger partial charge is 0.116 e. The van der Waals surface area contributed by atoms with Gasteiger partial charge in [0, 0.05) is 0 Å². The van der Waals surface area contributed by atoms with Crippen molar-refractivity contribution in [3.8, 4) is 5.75 Å². The van der Waals surface area contributed by atoms with Crippen LogP contribution in [0.1, 0.15) is 63.0 Å². The molecule has 23 heavy (non-hydrogen) atoms. The molecular formula is C22H26O. The summed E-state index contributed by atoms with van der Waals surface area (Å²) >= 11 is 0. The Morgan fingerprint density at radius 1 is 1.22 bits per heavy atom. The largest absolute Gasteiger partial charge is 0.508 e. The summed E-state index contributed by atoms with van der Waals surface area (Å²) in [7, 11) is 0. The molecule has 2 aliphatic rings. The molecule has 1 saturated carbocycles. The van der Waals surface area contributed by atoms with Gasteiger partial charge < -0.3 is 5.11 Å². The molecule has 1 unspecified atom stereocenters. The number of fused-ring (bicyclic) bond motifs is 5. The second-order valence-electron chi connectivity index (χ2n) is 7.57. The van der Waals surface area contributed by atoms with Crippen LogP contribution in [0.5, 0.6) is 5.75 Å². The van der Waals surface area contributed by atoms with Gasteiger partial charge in [0.25, 0.3) is 0 Å². The first-order chi connectivity index (χ1) is 11.1. The van der Waals surface area contributed by atoms with Crippen LogP contribution in [0.3, 0.4) is 0 Å². The minimum absolute atomic E-state index is 0.365. The number of unbranched alkanes of at least 4 members (excludes halogenated alkanes) is 1. The van der Waals surface area contributed by atoms with Crippen molar-refractivity contribution in [1.29, 1.82) is 0 Å². The Hall–Kier alpha value is -1.76. The van der Waals surface area contributed by atoms with Gasteiger partial charge in [-0.25, -0.2) is 0 Å². The van der Waals surface area contributed by atoms with E-state index in [1.54, 1.807) is 11.1 Å². The van der Waals surface area contributed by atoms with E-state index < -0.39 is 0 Å². The number of allylic oxidation sites excluding steroid dienone is 2. The van der Waals surface area contributed by atoms with Crippen molar-refractivity contribution in [3.63, 3.8) is 0 Å². The van der Waals surface area contributed by atoms with Gasteiger partial charge in [-0.15, -0.1) is 0 Å². The van der Waals surface area contributed by atoms with E-state index in [-0.39, 0.29) is 0 Å². The van der Waals surface area contributed by atoms with Gasteiger partial charge in [-0.2, -0.15) is 0 Å². The molecule has 2 aromatic carbocycles. The first kappa shape index (κ1) is 14.8. The van der Waals surface area contributed by atoms with Crippen molar-refractivity contribution in [2.45, 2.75) is 58.3 Å². The van der Waals surface area contributed by atoms with Crippen molar-refractivity contribution < 1.29 is 5.11 Å². The molecule has 2 atom stereocenters. The third-order valence-corrected chi connectivity index (χ3v) is 6.31. The number of hydrogen-bond acceptors (Lipinski definition) is 1. The number of rotatable bonds is 2. The summed E-state index contributed by atoms with van der Waals surface area (Å²) < 4.78 is 0. The van der Waals surface area contributed by atoms with Gasteiger partial charge in [-0.3, -0.25) is 0 Å². The van der Waals surface area contributed by atoms with E-state index in [1.807, 2.05) is 12.1 Å². The second-order valence-corrected chi connectivity index (χ2v) is 7.57. The quantitative estimate of drug-likeness (QED) is 0.664. The highest BCUT2D eigenvalue weighted by atomic mass is 16.3. The Balaban J connectivity index is 1.81. The number of aryl methyl sites for hydroxylation is 1. The van der Waals surface area contributed by atoms with Gasteiger partial charge in [0.15, 0.2) is 0 Å². The maximum absolute atomic E-state index is 9.74. The monoisotopic (exact) mass is 306 g/mol. The highest BCUT2D eigenvalue weighted by Gasteiger charge is 2.46. The fraction of sp³-hybridized carbons (Fsp3) is 0.455. The topological polar surface area (TPSA) is 20.2 Å². The van der Waals surface area contributed by atoms with Gasteiger partial charge in [0.05, 0.1) is 0 Å². The Bertz CT molecular complexity index is 786. The summed E-state index contributed by atoms with van der Waals surface area (Å²) in [5, 5.41) is 12.2. The fourth-order valence-electron chi connectivity index (χ4n) is 5.00. The fourth-order valence-corrected chi connectivity index (χ4v) is 5.00. The lowest BCUT2D eigenvalue weighted by Gasteiger charge is -2.39. The zero-order valence-corrected chi connectivity index (χ0v) is 14.2. The summed E-state index contributed by atoms with van der Waals surface area (Å²) in [5.41, 5.74) is 5.17. The van der Waals surface area contributed by atoms with Crippen LogP contribution in [0.2, 0.25) is 0 Å². The number of benzene rings is 2. The van der Waals surface area contributed by atoms with Crippen LogP contribution in [-0.4, -0.2) is 5.11 Å². The van der Waals surface area contributed by atoms with E-state index in [0.717, 1.165) is 6.42 Å². The molecule has 0 heterocycles. The van der Waals surface area contributed by atoms with Gasteiger partial charge in [-0.1, -0.05) is 50.1 Å². The van der Waals surface area contributed by atoms with Crippen LogP contribution >= 0.6 is 0 Å². The Morgan fingerprint density at radius 3 is 2.91 bits per heavy atom. The van der Waals surface area contributed by atoms with Crippen LogP contribution in [0.4, 0.5) is 0 Å². The van der Waals surface area contributed by atoms with Crippen LogP contribution in [-0.2, 0) is 6.42 Å². The molecular weight excluding hydrogens is 280 g/mol. The van der Waals surface area contributed by atoms with E-state index in [9.17, 15) is 5.11 Å². The summed E-state index contributed by atoms with van der Waals surface area (Å²) in [6.07, 6.45) is 9.99. The zero-order valence-electron chi connectivity index (χ0n) is 14.2. The average molecular weight is 306 g/mol. The molecule has 1 heteroatoms. The zero-order chi connectivity index (χ0) is 16.0. The SMILES string of the molecule is CCC/C=C1/CCC2c3ccc4cc(O)ccc4c3CC[C@]12C. The first-order valence-corrected chi connectivity index (χ1v) is 9.07. The lowest BCUT2D eigenvalue weighted by atomic mass is 9.64. The normalized spacial score (nSPS) is 28.1. The number of phenolic OH excluding ortho intramolecular Hbond substituents is 1. The first-order valence-electron chi connectivity index (χ1n) is 9.07. The molecule has 1 nitrogen and oxygen atoms in total. The van der Waals surface area contributed by atoms with Crippen LogP contribution in [0, 0.1) is 5.41 Å². The molecule has 120 valence electrons. The Morgan fingerprint density at radius 2 is 2.09 bits per heavy atom. The lowest BCUT2D eigenvalue weighted by molar-refractivity contribution is 0.306. The highest BCUT2D eigenvalue weighted by molar-refractivity contribution is 5.88. The second kappa shape index (κ2) is 5.40. The van der Waals surface area contributed by atoms with Crippen LogP contribution in [0.15, 0.2) is 42.0 Å². The molecule has 0 spiro atoms. The average Bonchev–Trinajstić information content (AvgIpc) is 2.89. The summed E-state index contributed by atoms with van der Waals surface area (Å²) in [6.45, 7) is 4.76. The predicted molar refractivity (Wildman–Crippen MR) is 97.0 cm³/mol. The number of aromatic hydroxyl groups is 1.